The molecule has 1 aromatic heterocycles. The zero-order chi connectivity index (χ0) is 18.5. The van der Waals surface area contributed by atoms with Crippen molar-refractivity contribution in [3.8, 4) is 0 Å². The van der Waals surface area contributed by atoms with Crippen LogP contribution in [0.5, 0.6) is 0 Å². The molecule has 5 nitrogen and oxygen atoms in total. The normalized spacial score (nSPS) is 19.6. The molecule has 0 unspecified atom stereocenters. The van der Waals surface area contributed by atoms with Crippen molar-refractivity contribution in [1.82, 2.24) is 4.90 Å². The second-order valence-electron chi connectivity index (χ2n) is 6.94. The summed E-state index contributed by atoms with van der Waals surface area (Å²) in [5.74, 6) is 0.793. The number of hydrogen-bond donors (Lipinski definition) is 2. The van der Waals surface area contributed by atoms with E-state index in [1.165, 1.54) is 24.2 Å². The maximum atomic E-state index is 12.7. The number of rotatable bonds is 4. The number of hydrogen-bond acceptors (Lipinski definition) is 3. The van der Waals surface area contributed by atoms with Gasteiger partial charge >= 0.3 is 6.03 Å². The lowest BCUT2D eigenvalue weighted by Gasteiger charge is -2.33. The first kappa shape index (κ1) is 18.5. The van der Waals surface area contributed by atoms with Gasteiger partial charge < -0.3 is 10.2 Å². The zero-order valence-corrected chi connectivity index (χ0v) is 16.0. The van der Waals surface area contributed by atoms with Crippen LogP contribution in [0, 0.1) is 5.92 Å². The van der Waals surface area contributed by atoms with Gasteiger partial charge in [0.25, 0.3) is 5.91 Å². The lowest BCUT2D eigenvalue weighted by atomic mass is 9.87. The molecule has 1 heterocycles. The molecule has 1 aliphatic rings. The first-order valence-corrected chi connectivity index (χ1v) is 9.84. The van der Waals surface area contributed by atoms with Gasteiger partial charge in [-0.3, -0.25) is 10.1 Å². The van der Waals surface area contributed by atoms with E-state index in [0.717, 1.165) is 24.4 Å². The molecule has 2 aromatic rings. The smallest absolute Gasteiger partial charge is 0.324 e. The first-order chi connectivity index (χ1) is 12.5. The summed E-state index contributed by atoms with van der Waals surface area (Å²) >= 11 is 1.31. The van der Waals surface area contributed by atoms with Crippen LogP contribution in [0.15, 0.2) is 42.5 Å². The molecule has 2 N–H and O–H groups in total. The number of para-hydroxylation sites is 1. The van der Waals surface area contributed by atoms with Gasteiger partial charge in [-0.15, -0.1) is 11.3 Å². The standard InChI is InChI=1S/C20H25N3O2S/c1-14-8-10-16(11-9-14)23(2)19(24)17-12-13-18(26-17)22-20(25)21-15-6-4-3-5-7-15/h3-7,12-14,16H,8-11H2,1-2H3,(H2,21,22,25). The van der Waals surface area contributed by atoms with Gasteiger partial charge in [0.15, 0.2) is 0 Å². The van der Waals surface area contributed by atoms with E-state index < -0.39 is 0 Å². The van der Waals surface area contributed by atoms with E-state index in [1.807, 2.05) is 42.3 Å². The van der Waals surface area contributed by atoms with Crippen LogP contribution in [0.2, 0.25) is 0 Å². The predicted octanol–water partition coefficient (Wildman–Crippen LogP) is 5.04. The summed E-state index contributed by atoms with van der Waals surface area (Å²) in [6.45, 7) is 2.27. The zero-order valence-electron chi connectivity index (χ0n) is 15.2. The van der Waals surface area contributed by atoms with Crippen LogP contribution in [0.3, 0.4) is 0 Å². The van der Waals surface area contributed by atoms with Crippen LogP contribution >= 0.6 is 11.3 Å². The van der Waals surface area contributed by atoms with Crippen LogP contribution in [0.1, 0.15) is 42.3 Å². The highest BCUT2D eigenvalue weighted by atomic mass is 32.1. The summed E-state index contributed by atoms with van der Waals surface area (Å²) in [7, 11) is 1.89. The van der Waals surface area contributed by atoms with Gasteiger partial charge in [-0.05, 0) is 55.9 Å². The highest BCUT2D eigenvalue weighted by molar-refractivity contribution is 7.18. The van der Waals surface area contributed by atoms with E-state index in [2.05, 4.69) is 17.6 Å². The first-order valence-electron chi connectivity index (χ1n) is 9.03. The minimum atomic E-state index is -0.313. The third kappa shape index (κ3) is 4.64. The van der Waals surface area contributed by atoms with Gasteiger partial charge in [0.2, 0.25) is 0 Å². The number of nitrogens with zero attached hydrogens (tertiary/aromatic N) is 1. The number of nitrogens with one attached hydrogen (secondary N) is 2. The number of thiophene rings is 1. The van der Waals surface area contributed by atoms with Crippen LogP contribution in [-0.2, 0) is 0 Å². The Kier molecular flexibility index (Phi) is 5.93. The van der Waals surface area contributed by atoms with E-state index in [9.17, 15) is 9.59 Å². The maximum absolute atomic E-state index is 12.7. The largest absolute Gasteiger partial charge is 0.338 e. The molecular weight excluding hydrogens is 346 g/mol. The fraction of sp³-hybridized carbons (Fsp3) is 0.400. The second-order valence-corrected chi connectivity index (χ2v) is 8.02. The van der Waals surface area contributed by atoms with Gasteiger partial charge in [0, 0.05) is 18.8 Å². The van der Waals surface area contributed by atoms with Crippen LogP contribution < -0.4 is 10.6 Å². The van der Waals surface area contributed by atoms with Crippen molar-refractivity contribution < 1.29 is 9.59 Å². The average molecular weight is 372 g/mol. The Morgan fingerprint density at radius 2 is 1.69 bits per heavy atom. The molecule has 1 aliphatic carbocycles. The molecule has 0 radical (unpaired) electrons. The van der Waals surface area contributed by atoms with Gasteiger partial charge in [-0.2, -0.15) is 0 Å². The van der Waals surface area contributed by atoms with Crippen molar-refractivity contribution in [2.75, 3.05) is 17.7 Å². The number of anilines is 2. The fourth-order valence-electron chi connectivity index (χ4n) is 3.29. The summed E-state index contributed by atoms with van der Waals surface area (Å²) in [4.78, 5) is 27.3. The minimum absolute atomic E-state index is 0.0334. The lowest BCUT2D eigenvalue weighted by Crippen LogP contribution is -2.38. The summed E-state index contributed by atoms with van der Waals surface area (Å²) in [6, 6.07) is 12.8. The van der Waals surface area contributed by atoms with E-state index >= 15 is 0 Å². The number of carbonyl (C=O) groups excluding carboxylic acids is 2. The highest BCUT2D eigenvalue weighted by Gasteiger charge is 2.26. The Morgan fingerprint density at radius 3 is 2.38 bits per heavy atom. The van der Waals surface area contributed by atoms with Crippen LogP contribution in [-0.4, -0.2) is 29.9 Å². The number of benzene rings is 1. The van der Waals surface area contributed by atoms with Crippen molar-refractivity contribution in [1.29, 1.82) is 0 Å². The topological polar surface area (TPSA) is 61.4 Å². The molecule has 0 bridgehead atoms. The summed E-state index contributed by atoms with van der Waals surface area (Å²) in [5, 5.41) is 6.22. The molecule has 1 saturated carbocycles. The third-order valence-electron chi connectivity index (χ3n) is 4.94. The Bertz CT molecular complexity index is 751. The monoisotopic (exact) mass is 371 g/mol. The van der Waals surface area contributed by atoms with Crippen molar-refractivity contribution in [2.45, 2.75) is 38.6 Å². The SMILES string of the molecule is CC1CCC(N(C)C(=O)c2ccc(NC(=O)Nc3ccccc3)s2)CC1. The number of urea groups is 1. The Labute approximate surface area is 158 Å². The molecule has 0 aliphatic heterocycles. The molecule has 138 valence electrons. The van der Waals surface area contributed by atoms with E-state index in [0.29, 0.717) is 15.9 Å². The quantitative estimate of drug-likeness (QED) is 0.791. The van der Waals surface area contributed by atoms with Gasteiger partial charge in [0.05, 0.1) is 9.88 Å². The molecule has 0 saturated heterocycles. The Hall–Kier alpha value is -2.34. The van der Waals surface area contributed by atoms with Crippen LogP contribution in [0.4, 0.5) is 15.5 Å². The van der Waals surface area contributed by atoms with Crippen molar-refractivity contribution >= 4 is 34.0 Å². The van der Waals surface area contributed by atoms with E-state index in [-0.39, 0.29) is 11.9 Å². The van der Waals surface area contributed by atoms with E-state index in [4.69, 9.17) is 0 Å². The molecular formula is C20H25N3O2S. The summed E-state index contributed by atoms with van der Waals surface area (Å²) in [5.41, 5.74) is 0.726. The van der Waals surface area contributed by atoms with Crippen molar-refractivity contribution in [3.05, 3.63) is 47.3 Å². The number of amides is 3. The summed E-state index contributed by atoms with van der Waals surface area (Å²) < 4.78 is 0. The molecule has 0 spiro atoms. The number of carbonyl (C=O) groups is 2. The molecule has 1 fully saturated rings. The fourth-order valence-corrected chi connectivity index (χ4v) is 4.17. The van der Waals surface area contributed by atoms with Crippen molar-refractivity contribution in [2.24, 2.45) is 5.92 Å². The third-order valence-corrected chi connectivity index (χ3v) is 5.93. The summed E-state index contributed by atoms with van der Waals surface area (Å²) in [6.07, 6.45) is 4.50. The van der Waals surface area contributed by atoms with Crippen LogP contribution in [0.25, 0.3) is 0 Å². The molecule has 3 rings (SSSR count). The van der Waals surface area contributed by atoms with Gasteiger partial charge in [0.1, 0.15) is 0 Å². The Balaban J connectivity index is 1.56. The van der Waals surface area contributed by atoms with Crippen molar-refractivity contribution in [3.63, 3.8) is 0 Å². The van der Waals surface area contributed by atoms with Gasteiger partial charge in [-0.1, -0.05) is 25.1 Å². The second kappa shape index (κ2) is 8.36. The maximum Gasteiger partial charge on any atom is 0.324 e. The lowest BCUT2D eigenvalue weighted by molar-refractivity contribution is 0.0684. The molecule has 3 amide bonds. The van der Waals surface area contributed by atoms with E-state index in [1.54, 1.807) is 12.1 Å². The molecule has 26 heavy (non-hydrogen) atoms. The average Bonchev–Trinajstić information content (AvgIpc) is 3.10. The Morgan fingerprint density at radius 1 is 1.00 bits per heavy atom. The molecule has 1 aromatic carbocycles. The molecule has 0 atom stereocenters. The minimum Gasteiger partial charge on any atom is -0.338 e. The molecule has 6 heteroatoms. The predicted molar refractivity (Wildman–Crippen MR) is 107 cm³/mol. The highest BCUT2D eigenvalue weighted by Crippen LogP contribution is 2.29. The van der Waals surface area contributed by atoms with Gasteiger partial charge in [-0.25, -0.2) is 4.79 Å².